The minimum absolute atomic E-state index is 0.0349. The van der Waals surface area contributed by atoms with Gasteiger partial charge in [-0.15, -0.1) is 0 Å². The van der Waals surface area contributed by atoms with Crippen LogP contribution < -0.4 is 10.1 Å². The molecule has 0 aliphatic rings. The Morgan fingerprint density at radius 2 is 1.95 bits per heavy atom. The first-order valence-corrected chi connectivity index (χ1v) is 6.27. The Morgan fingerprint density at radius 1 is 1.30 bits per heavy atom. The lowest BCUT2D eigenvalue weighted by molar-refractivity contribution is 0.0697. The summed E-state index contributed by atoms with van der Waals surface area (Å²) in [6.45, 7) is 0. The molecule has 1 aromatic heterocycles. The van der Waals surface area contributed by atoms with Crippen LogP contribution in [0.2, 0.25) is 10.2 Å². The van der Waals surface area contributed by atoms with Gasteiger partial charge in [-0.1, -0.05) is 23.2 Å². The quantitative estimate of drug-likeness (QED) is 0.839. The van der Waals surface area contributed by atoms with Crippen LogP contribution in [0.4, 0.5) is 11.4 Å². The van der Waals surface area contributed by atoms with Gasteiger partial charge in [0.25, 0.3) is 0 Å². The van der Waals surface area contributed by atoms with Gasteiger partial charge in [0.2, 0.25) is 0 Å². The number of carboxylic acid groups (broad SMARTS) is 1. The first-order chi connectivity index (χ1) is 9.52. The Kier molecular flexibility index (Phi) is 4.32. The molecule has 0 fully saturated rings. The van der Waals surface area contributed by atoms with Crippen LogP contribution >= 0.6 is 23.2 Å². The number of hydrogen-bond acceptors (Lipinski definition) is 4. The van der Waals surface area contributed by atoms with Crippen molar-refractivity contribution < 1.29 is 14.6 Å². The molecular formula is C13H10Cl2N2O3. The third kappa shape index (κ3) is 2.95. The lowest BCUT2D eigenvalue weighted by atomic mass is 10.2. The van der Waals surface area contributed by atoms with Crippen molar-refractivity contribution in [1.82, 2.24) is 4.98 Å². The van der Waals surface area contributed by atoms with Crippen molar-refractivity contribution in [1.29, 1.82) is 0 Å². The van der Waals surface area contributed by atoms with Gasteiger partial charge in [-0.05, 0) is 24.3 Å². The fraction of sp³-hybridized carbons (Fsp3) is 0.0769. The Balaban J connectivity index is 2.40. The first-order valence-electron chi connectivity index (χ1n) is 5.51. The standard InChI is InChI=1S/C13H10Cl2N2O3/c1-20-8-4-2-7(3-5-8)17-11-9(13(18)19)6-16-12(15)10(11)14/h2-6H,1H3,(H,16,17)(H,18,19). The molecule has 0 spiro atoms. The molecule has 0 saturated carbocycles. The predicted molar refractivity (Wildman–Crippen MR) is 77.5 cm³/mol. The summed E-state index contributed by atoms with van der Waals surface area (Å²) in [7, 11) is 1.56. The van der Waals surface area contributed by atoms with Crippen molar-refractivity contribution in [3.05, 3.63) is 46.2 Å². The zero-order valence-electron chi connectivity index (χ0n) is 10.4. The number of carboxylic acids is 1. The number of carbonyl (C=O) groups is 1. The summed E-state index contributed by atoms with van der Waals surface area (Å²) in [5.41, 5.74) is 0.789. The van der Waals surface area contributed by atoms with Gasteiger partial charge in [0.1, 0.15) is 21.5 Å². The van der Waals surface area contributed by atoms with Crippen LogP contribution in [-0.4, -0.2) is 23.2 Å². The molecule has 2 aromatic rings. The zero-order chi connectivity index (χ0) is 14.7. The molecular weight excluding hydrogens is 303 g/mol. The Bertz CT molecular complexity index is 645. The highest BCUT2D eigenvalue weighted by molar-refractivity contribution is 6.43. The number of benzene rings is 1. The minimum atomic E-state index is -1.15. The van der Waals surface area contributed by atoms with E-state index in [0.29, 0.717) is 11.4 Å². The second-order valence-electron chi connectivity index (χ2n) is 3.81. The molecule has 0 aliphatic carbocycles. The van der Waals surface area contributed by atoms with Crippen molar-refractivity contribution in [3.63, 3.8) is 0 Å². The molecule has 0 saturated heterocycles. The molecule has 5 nitrogen and oxygen atoms in total. The molecule has 1 aromatic carbocycles. The summed E-state index contributed by atoms with van der Waals surface area (Å²) in [6, 6.07) is 6.93. The van der Waals surface area contributed by atoms with Crippen LogP contribution in [0.3, 0.4) is 0 Å². The van der Waals surface area contributed by atoms with E-state index < -0.39 is 5.97 Å². The SMILES string of the molecule is COc1ccc(Nc2c(C(=O)O)cnc(Cl)c2Cl)cc1. The Morgan fingerprint density at radius 3 is 2.50 bits per heavy atom. The summed E-state index contributed by atoms with van der Waals surface area (Å²) in [5, 5.41) is 12.2. The molecule has 2 N–H and O–H groups in total. The number of halogens is 2. The van der Waals surface area contributed by atoms with Gasteiger partial charge in [0.15, 0.2) is 0 Å². The first kappa shape index (κ1) is 14.4. The summed E-state index contributed by atoms with van der Waals surface area (Å²) < 4.78 is 5.05. The van der Waals surface area contributed by atoms with E-state index in [1.54, 1.807) is 31.4 Å². The largest absolute Gasteiger partial charge is 0.497 e. The maximum absolute atomic E-state index is 11.2. The van der Waals surface area contributed by atoms with E-state index in [4.69, 9.17) is 33.0 Å². The van der Waals surface area contributed by atoms with Gasteiger partial charge in [-0.25, -0.2) is 9.78 Å². The minimum Gasteiger partial charge on any atom is -0.497 e. The second-order valence-corrected chi connectivity index (χ2v) is 4.55. The van der Waals surface area contributed by atoms with Gasteiger partial charge in [-0.2, -0.15) is 0 Å². The smallest absolute Gasteiger partial charge is 0.339 e. The number of methoxy groups -OCH3 is 1. The number of ether oxygens (including phenoxy) is 1. The van der Waals surface area contributed by atoms with Gasteiger partial charge in [0, 0.05) is 11.9 Å². The molecule has 0 amide bonds. The van der Waals surface area contributed by atoms with Crippen LogP contribution in [0.1, 0.15) is 10.4 Å². The third-order valence-corrected chi connectivity index (χ3v) is 3.32. The fourth-order valence-electron chi connectivity index (χ4n) is 1.57. The maximum Gasteiger partial charge on any atom is 0.339 e. The van der Waals surface area contributed by atoms with Crippen molar-refractivity contribution in [2.24, 2.45) is 0 Å². The van der Waals surface area contributed by atoms with E-state index in [-0.39, 0.29) is 21.4 Å². The highest BCUT2D eigenvalue weighted by atomic mass is 35.5. The molecule has 104 valence electrons. The summed E-state index contributed by atoms with van der Waals surface area (Å²) in [6.07, 6.45) is 1.16. The van der Waals surface area contributed by atoms with E-state index in [0.717, 1.165) is 6.20 Å². The zero-order valence-corrected chi connectivity index (χ0v) is 11.9. The molecule has 0 aliphatic heterocycles. The highest BCUT2D eigenvalue weighted by Gasteiger charge is 2.17. The van der Waals surface area contributed by atoms with E-state index >= 15 is 0 Å². The average molecular weight is 313 g/mol. The van der Waals surface area contributed by atoms with Crippen molar-refractivity contribution in [2.75, 3.05) is 12.4 Å². The number of aromatic carboxylic acids is 1. The number of aromatic nitrogens is 1. The molecule has 0 radical (unpaired) electrons. The lowest BCUT2D eigenvalue weighted by Gasteiger charge is -2.12. The van der Waals surface area contributed by atoms with Gasteiger partial charge < -0.3 is 15.2 Å². The summed E-state index contributed by atoms with van der Waals surface area (Å²) in [4.78, 5) is 14.9. The Labute approximate surface area is 125 Å². The number of pyridine rings is 1. The van der Waals surface area contributed by atoms with Gasteiger partial charge >= 0.3 is 5.97 Å². The van der Waals surface area contributed by atoms with Gasteiger partial charge in [0.05, 0.1) is 12.8 Å². The van der Waals surface area contributed by atoms with E-state index in [1.807, 2.05) is 0 Å². The van der Waals surface area contributed by atoms with Crippen LogP contribution in [-0.2, 0) is 0 Å². The van der Waals surface area contributed by atoms with Crippen LogP contribution in [0.25, 0.3) is 0 Å². The molecule has 1 heterocycles. The predicted octanol–water partition coefficient (Wildman–Crippen LogP) is 3.84. The lowest BCUT2D eigenvalue weighted by Crippen LogP contribution is -2.05. The van der Waals surface area contributed by atoms with E-state index in [9.17, 15) is 4.79 Å². The van der Waals surface area contributed by atoms with Crippen molar-refractivity contribution in [2.45, 2.75) is 0 Å². The highest BCUT2D eigenvalue weighted by Crippen LogP contribution is 2.33. The second kappa shape index (κ2) is 5.98. The average Bonchev–Trinajstić information content (AvgIpc) is 2.44. The third-order valence-electron chi connectivity index (χ3n) is 2.57. The maximum atomic E-state index is 11.2. The van der Waals surface area contributed by atoms with Crippen LogP contribution in [0.15, 0.2) is 30.5 Å². The van der Waals surface area contributed by atoms with Crippen LogP contribution in [0, 0.1) is 0 Å². The molecule has 20 heavy (non-hydrogen) atoms. The summed E-state index contributed by atoms with van der Waals surface area (Å²) in [5.74, 6) is -0.458. The molecule has 2 rings (SSSR count). The topological polar surface area (TPSA) is 71.5 Å². The van der Waals surface area contributed by atoms with E-state index in [2.05, 4.69) is 10.3 Å². The molecule has 0 unspecified atom stereocenters. The monoisotopic (exact) mass is 312 g/mol. The van der Waals surface area contributed by atoms with Crippen molar-refractivity contribution >= 4 is 40.5 Å². The number of nitrogens with one attached hydrogen (secondary N) is 1. The van der Waals surface area contributed by atoms with Crippen LogP contribution in [0.5, 0.6) is 5.75 Å². The number of nitrogens with zero attached hydrogens (tertiary/aromatic N) is 1. The fourth-order valence-corrected chi connectivity index (χ4v) is 1.91. The summed E-state index contributed by atoms with van der Waals surface area (Å²) >= 11 is 11.8. The molecule has 7 heteroatoms. The normalized spacial score (nSPS) is 10.2. The Hall–Kier alpha value is -1.98. The van der Waals surface area contributed by atoms with Gasteiger partial charge in [-0.3, -0.25) is 0 Å². The van der Waals surface area contributed by atoms with E-state index in [1.165, 1.54) is 0 Å². The number of rotatable bonds is 4. The number of anilines is 2. The molecule has 0 atom stereocenters. The van der Waals surface area contributed by atoms with Crippen molar-refractivity contribution in [3.8, 4) is 5.75 Å². The number of hydrogen-bond donors (Lipinski definition) is 2. The molecule has 0 bridgehead atoms.